The van der Waals surface area contributed by atoms with E-state index in [-0.39, 0.29) is 30.4 Å². The molecule has 9 heteroatoms. The number of thiazole rings is 1. The van der Waals surface area contributed by atoms with Crippen molar-refractivity contribution in [1.29, 1.82) is 0 Å². The normalized spacial score (nSPS) is 10.9. The highest BCUT2D eigenvalue weighted by atomic mass is 32.1. The summed E-state index contributed by atoms with van der Waals surface area (Å²) < 4.78 is 1.31. The third kappa shape index (κ3) is 4.51. The van der Waals surface area contributed by atoms with Gasteiger partial charge in [-0.1, -0.05) is 43.7 Å². The zero-order valence-electron chi connectivity index (χ0n) is 17.1. The second-order valence-electron chi connectivity index (χ2n) is 6.82. The van der Waals surface area contributed by atoms with Gasteiger partial charge in [-0.25, -0.2) is 9.78 Å². The third-order valence-electron chi connectivity index (χ3n) is 4.74. The number of anilines is 2. The SMILES string of the molecule is CCCCn1c(N)c(N(CC)C(=O)Cc2csc(-c3ccccc3)n2)c(=O)[nH]c1=O. The molecule has 2 heterocycles. The Bertz CT molecular complexity index is 1130. The lowest BCUT2D eigenvalue weighted by Gasteiger charge is -2.23. The van der Waals surface area contributed by atoms with Gasteiger partial charge in [0.05, 0.1) is 12.1 Å². The molecule has 3 rings (SSSR count). The molecule has 0 aliphatic heterocycles. The number of H-pyrrole nitrogens is 1. The molecule has 0 saturated heterocycles. The second kappa shape index (κ2) is 9.53. The van der Waals surface area contributed by atoms with Crippen LogP contribution in [0.3, 0.4) is 0 Å². The van der Waals surface area contributed by atoms with Gasteiger partial charge >= 0.3 is 5.69 Å². The van der Waals surface area contributed by atoms with Crippen molar-refractivity contribution in [1.82, 2.24) is 14.5 Å². The molecule has 0 radical (unpaired) electrons. The molecule has 1 amide bonds. The highest BCUT2D eigenvalue weighted by molar-refractivity contribution is 7.13. The van der Waals surface area contributed by atoms with Gasteiger partial charge in [0.1, 0.15) is 10.8 Å². The second-order valence-corrected chi connectivity index (χ2v) is 7.68. The summed E-state index contributed by atoms with van der Waals surface area (Å²) >= 11 is 1.46. The maximum Gasteiger partial charge on any atom is 0.330 e. The molecule has 3 N–H and O–H groups in total. The Labute approximate surface area is 178 Å². The van der Waals surface area contributed by atoms with Crippen molar-refractivity contribution >= 4 is 28.7 Å². The van der Waals surface area contributed by atoms with Crippen LogP contribution in [-0.2, 0) is 17.8 Å². The van der Waals surface area contributed by atoms with Crippen LogP contribution in [0.2, 0.25) is 0 Å². The summed E-state index contributed by atoms with van der Waals surface area (Å²) in [6, 6.07) is 9.72. The molecule has 0 atom stereocenters. The molecule has 1 aromatic carbocycles. The molecule has 0 aliphatic carbocycles. The number of nitrogen functional groups attached to an aromatic ring is 1. The lowest BCUT2D eigenvalue weighted by molar-refractivity contribution is -0.118. The molecule has 0 spiro atoms. The number of amides is 1. The molecule has 8 nitrogen and oxygen atoms in total. The fourth-order valence-electron chi connectivity index (χ4n) is 3.19. The van der Waals surface area contributed by atoms with Crippen molar-refractivity contribution in [3.05, 3.63) is 62.2 Å². The van der Waals surface area contributed by atoms with Gasteiger partial charge < -0.3 is 10.6 Å². The summed E-state index contributed by atoms with van der Waals surface area (Å²) in [6.45, 7) is 4.37. The van der Waals surface area contributed by atoms with E-state index in [4.69, 9.17) is 5.73 Å². The molecule has 30 heavy (non-hydrogen) atoms. The molecule has 0 fully saturated rings. The molecule has 2 aromatic heterocycles. The molecule has 3 aromatic rings. The number of hydrogen-bond acceptors (Lipinski definition) is 6. The third-order valence-corrected chi connectivity index (χ3v) is 5.68. The minimum atomic E-state index is -0.663. The standard InChI is InChI=1S/C21H25N5O3S/c1-3-5-11-26-18(22)17(19(28)24-21(26)29)25(4-2)16(27)12-15-13-30-20(23-15)14-9-7-6-8-10-14/h6-10,13H,3-5,11-12,22H2,1-2H3,(H,24,28,29). The highest BCUT2D eigenvalue weighted by Gasteiger charge is 2.23. The number of aromatic nitrogens is 3. The van der Waals surface area contributed by atoms with Crippen LogP contribution in [-0.4, -0.2) is 27.0 Å². The Morgan fingerprint density at radius 2 is 1.97 bits per heavy atom. The average Bonchev–Trinajstić information content (AvgIpc) is 3.20. The monoisotopic (exact) mass is 427 g/mol. The first-order valence-corrected chi connectivity index (χ1v) is 10.8. The first-order valence-electron chi connectivity index (χ1n) is 9.89. The first-order chi connectivity index (χ1) is 14.5. The Balaban J connectivity index is 1.88. The van der Waals surface area contributed by atoms with Crippen molar-refractivity contribution in [3.8, 4) is 10.6 Å². The Hall–Kier alpha value is -3.20. The van der Waals surface area contributed by atoms with Crippen molar-refractivity contribution in [2.24, 2.45) is 0 Å². The number of aromatic amines is 1. The van der Waals surface area contributed by atoms with Crippen LogP contribution in [0.15, 0.2) is 45.3 Å². The van der Waals surface area contributed by atoms with Crippen LogP contribution in [0.1, 0.15) is 32.4 Å². The van der Waals surface area contributed by atoms with Crippen LogP contribution >= 0.6 is 11.3 Å². The maximum absolute atomic E-state index is 13.0. The van der Waals surface area contributed by atoms with Crippen molar-refractivity contribution < 1.29 is 4.79 Å². The highest BCUT2D eigenvalue weighted by Crippen LogP contribution is 2.24. The number of nitrogens with one attached hydrogen (secondary N) is 1. The van der Waals surface area contributed by atoms with Crippen LogP contribution in [0.5, 0.6) is 0 Å². The Morgan fingerprint density at radius 3 is 2.63 bits per heavy atom. The number of hydrogen-bond donors (Lipinski definition) is 2. The quantitative estimate of drug-likeness (QED) is 0.574. The van der Waals surface area contributed by atoms with E-state index < -0.39 is 11.2 Å². The van der Waals surface area contributed by atoms with Gasteiger partial charge in [-0.05, 0) is 13.3 Å². The molecule has 0 aliphatic rings. The summed E-state index contributed by atoms with van der Waals surface area (Å²) in [5.41, 5.74) is 6.54. The number of nitrogens with two attached hydrogens (primary N) is 1. The lowest BCUT2D eigenvalue weighted by atomic mass is 10.2. The van der Waals surface area contributed by atoms with Crippen LogP contribution in [0.25, 0.3) is 10.6 Å². The van der Waals surface area contributed by atoms with E-state index in [9.17, 15) is 14.4 Å². The van der Waals surface area contributed by atoms with Crippen LogP contribution in [0.4, 0.5) is 11.5 Å². The summed E-state index contributed by atoms with van der Waals surface area (Å²) in [7, 11) is 0. The molecule has 0 saturated carbocycles. The van der Waals surface area contributed by atoms with E-state index in [2.05, 4.69) is 9.97 Å². The van der Waals surface area contributed by atoms with Crippen LogP contribution in [0, 0.1) is 0 Å². The zero-order chi connectivity index (χ0) is 21.7. The zero-order valence-corrected chi connectivity index (χ0v) is 17.9. The average molecular weight is 428 g/mol. The summed E-state index contributed by atoms with van der Waals surface area (Å²) in [5.74, 6) is -0.295. The molecule has 0 bridgehead atoms. The molecular weight excluding hydrogens is 402 g/mol. The van der Waals surface area contributed by atoms with Gasteiger partial charge in [0.25, 0.3) is 5.56 Å². The van der Waals surface area contributed by atoms with Gasteiger partial charge in [0.2, 0.25) is 5.91 Å². The largest absolute Gasteiger partial charge is 0.383 e. The number of carbonyl (C=O) groups excluding carboxylic acids is 1. The number of carbonyl (C=O) groups is 1. The van der Waals surface area contributed by atoms with Gasteiger partial charge in [-0.15, -0.1) is 11.3 Å². The van der Waals surface area contributed by atoms with E-state index in [0.717, 1.165) is 23.4 Å². The molecular formula is C21H25N5O3S. The topological polar surface area (TPSA) is 114 Å². The van der Waals surface area contributed by atoms with Crippen molar-refractivity contribution in [3.63, 3.8) is 0 Å². The number of rotatable bonds is 8. The van der Waals surface area contributed by atoms with E-state index in [1.54, 1.807) is 6.92 Å². The smallest absolute Gasteiger partial charge is 0.330 e. The van der Waals surface area contributed by atoms with Gasteiger partial charge in [-0.3, -0.25) is 19.1 Å². The van der Waals surface area contributed by atoms with E-state index >= 15 is 0 Å². The fraction of sp³-hybridized carbons (Fsp3) is 0.333. The van der Waals surface area contributed by atoms with Crippen LogP contribution < -0.4 is 21.9 Å². The molecule has 0 unspecified atom stereocenters. The predicted molar refractivity (Wildman–Crippen MR) is 120 cm³/mol. The predicted octanol–water partition coefficient (Wildman–Crippen LogP) is 2.64. The molecule has 158 valence electrons. The van der Waals surface area contributed by atoms with E-state index in [0.29, 0.717) is 12.2 Å². The number of benzene rings is 1. The van der Waals surface area contributed by atoms with Crippen molar-refractivity contribution in [2.75, 3.05) is 17.2 Å². The minimum Gasteiger partial charge on any atom is -0.383 e. The Morgan fingerprint density at radius 1 is 1.23 bits per heavy atom. The summed E-state index contributed by atoms with van der Waals surface area (Å²) in [5, 5.41) is 2.66. The van der Waals surface area contributed by atoms with Gasteiger partial charge in [0, 0.05) is 24.0 Å². The number of unbranched alkanes of at least 4 members (excludes halogenated alkanes) is 1. The minimum absolute atomic E-state index is 0.00986. The summed E-state index contributed by atoms with van der Waals surface area (Å²) in [4.78, 5) is 45.8. The number of nitrogens with zero attached hydrogens (tertiary/aromatic N) is 3. The van der Waals surface area contributed by atoms with Gasteiger partial charge in [-0.2, -0.15) is 0 Å². The van der Waals surface area contributed by atoms with Gasteiger partial charge in [0.15, 0.2) is 5.69 Å². The van der Waals surface area contributed by atoms with E-state index in [1.165, 1.54) is 20.8 Å². The van der Waals surface area contributed by atoms with Crippen molar-refractivity contribution in [2.45, 2.75) is 39.7 Å². The fourth-order valence-corrected chi connectivity index (χ4v) is 4.01. The Kier molecular flexibility index (Phi) is 6.83. The maximum atomic E-state index is 13.0. The lowest BCUT2D eigenvalue weighted by Crippen LogP contribution is -2.41. The first kappa shape index (κ1) is 21.5. The summed E-state index contributed by atoms with van der Waals surface area (Å²) in [6.07, 6.45) is 1.63. The number of likely N-dealkylation sites (N-methyl/N-ethyl adjacent to an activating group) is 1. The van der Waals surface area contributed by atoms with E-state index in [1.807, 2.05) is 42.6 Å².